The van der Waals surface area contributed by atoms with Crippen molar-refractivity contribution in [1.82, 2.24) is 5.32 Å². The number of phenols is 1. The molecule has 4 nitrogen and oxygen atoms in total. The van der Waals surface area contributed by atoms with Gasteiger partial charge < -0.3 is 15.3 Å². The summed E-state index contributed by atoms with van der Waals surface area (Å²) in [6.07, 6.45) is 2.92. The van der Waals surface area contributed by atoms with Crippen LogP contribution in [0.5, 0.6) is 5.75 Å². The Balaban J connectivity index is 1.43. The summed E-state index contributed by atoms with van der Waals surface area (Å²) in [6.45, 7) is 1.93. The predicted octanol–water partition coefficient (Wildman–Crippen LogP) is 3.11. The van der Waals surface area contributed by atoms with Gasteiger partial charge in [0.2, 0.25) is 5.91 Å². The quantitative estimate of drug-likeness (QED) is 0.888. The van der Waals surface area contributed by atoms with Gasteiger partial charge in [-0.2, -0.15) is 0 Å². The standard InChI is InChI=1S/C20H24N2O2/c23-19-9-5-4-6-16(19)10-11-20(24)21-17-12-14-22(15-13-17)18-7-2-1-3-8-18/h1-9,17,23H,10-15H2,(H,21,24). The molecule has 1 aliphatic rings. The summed E-state index contributed by atoms with van der Waals surface area (Å²) in [5.41, 5.74) is 2.08. The summed E-state index contributed by atoms with van der Waals surface area (Å²) in [5.74, 6) is 0.331. The largest absolute Gasteiger partial charge is 0.508 e. The van der Waals surface area contributed by atoms with Gasteiger partial charge in [-0.1, -0.05) is 36.4 Å². The van der Waals surface area contributed by atoms with Crippen molar-refractivity contribution in [3.63, 3.8) is 0 Å². The van der Waals surface area contributed by atoms with Gasteiger partial charge in [-0.05, 0) is 43.0 Å². The van der Waals surface area contributed by atoms with Crippen molar-refractivity contribution in [3.8, 4) is 5.75 Å². The van der Waals surface area contributed by atoms with Gasteiger partial charge in [0.15, 0.2) is 0 Å². The SMILES string of the molecule is O=C(CCc1ccccc1O)NC1CCN(c2ccccc2)CC1. The molecule has 126 valence electrons. The average molecular weight is 324 g/mol. The molecule has 0 spiro atoms. The summed E-state index contributed by atoms with van der Waals surface area (Å²) in [4.78, 5) is 14.5. The van der Waals surface area contributed by atoms with E-state index in [1.807, 2.05) is 18.2 Å². The first-order valence-electron chi connectivity index (χ1n) is 8.58. The van der Waals surface area contributed by atoms with E-state index in [1.54, 1.807) is 12.1 Å². The molecule has 0 bridgehead atoms. The molecular formula is C20H24N2O2. The number of aromatic hydroxyl groups is 1. The molecule has 2 aromatic carbocycles. The van der Waals surface area contributed by atoms with Crippen LogP contribution in [0.4, 0.5) is 5.69 Å². The first-order chi connectivity index (χ1) is 11.7. The highest BCUT2D eigenvalue weighted by molar-refractivity contribution is 5.76. The van der Waals surface area contributed by atoms with Crippen LogP contribution in [-0.2, 0) is 11.2 Å². The first-order valence-corrected chi connectivity index (χ1v) is 8.58. The van der Waals surface area contributed by atoms with Crippen LogP contribution >= 0.6 is 0 Å². The van der Waals surface area contributed by atoms with Gasteiger partial charge in [0.1, 0.15) is 5.75 Å². The van der Waals surface area contributed by atoms with Gasteiger partial charge in [0.05, 0.1) is 0 Å². The van der Waals surface area contributed by atoms with Crippen molar-refractivity contribution in [1.29, 1.82) is 0 Å². The van der Waals surface area contributed by atoms with Crippen LogP contribution in [0.15, 0.2) is 54.6 Å². The summed E-state index contributed by atoms with van der Waals surface area (Å²) in [6, 6.07) is 17.8. The van der Waals surface area contributed by atoms with Crippen molar-refractivity contribution in [2.45, 2.75) is 31.7 Å². The van der Waals surface area contributed by atoms with Crippen LogP contribution in [-0.4, -0.2) is 30.1 Å². The molecule has 1 amide bonds. The molecule has 0 saturated carbocycles. The van der Waals surface area contributed by atoms with E-state index in [1.165, 1.54) is 5.69 Å². The van der Waals surface area contributed by atoms with E-state index in [0.29, 0.717) is 12.8 Å². The maximum absolute atomic E-state index is 12.1. The fourth-order valence-electron chi connectivity index (χ4n) is 3.19. The molecule has 0 aliphatic carbocycles. The normalized spacial score (nSPS) is 15.2. The van der Waals surface area contributed by atoms with Gasteiger partial charge in [-0.25, -0.2) is 0 Å². The lowest BCUT2D eigenvalue weighted by atomic mass is 10.0. The number of phenolic OH excluding ortho intramolecular Hbond substituents is 1. The van der Waals surface area contributed by atoms with Crippen LogP contribution in [0.3, 0.4) is 0 Å². The second kappa shape index (κ2) is 7.86. The molecule has 3 rings (SSSR count). The maximum atomic E-state index is 12.1. The average Bonchev–Trinajstić information content (AvgIpc) is 2.62. The van der Waals surface area contributed by atoms with Crippen LogP contribution < -0.4 is 10.2 Å². The zero-order chi connectivity index (χ0) is 16.8. The number of piperidine rings is 1. The lowest BCUT2D eigenvalue weighted by Gasteiger charge is -2.34. The summed E-state index contributed by atoms with van der Waals surface area (Å²) < 4.78 is 0. The number of para-hydroxylation sites is 2. The highest BCUT2D eigenvalue weighted by atomic mass is 16.3. The Bertz CT molecular complexity index is 664. The van der Waals surface area contributed by atoms with Crippen LogP contribution in [0, 0.1) is 0 Å². The van der Waals surface area contributed by atoms with Gasteiger partial charge in [-0.15, -0.1) is 0 Å². The number of carbonyl (C=O) groups is 1. The Labute approximate surface area is 143 Å². The van der Waals surface area contributed by atoms with Crippen LogP contribution in [0.25, 0.3) is 0 Å². The fraction of sp³-hybridized carbons (Fsp3) is 0.350. The van der Waals surface area contributed by atoms with Gasteiger partial charge in [0.25, 0.3) is 0 Å². The van der Waals surface area contributed by atoms with Crippen molar-refractivity contribution < 1.29 is 9.90 Å². The minimum atomic E-state index is 0.0661. The van der Waals surface area contributed by atoms with Crippen LogP contribution in [0.2, 0.25) is 0 Å². The van der Waals surface area contributed by atoms with E-state index >= 15 is 0 Å². The number of hydrogen-bond acceptors (Lipinski definition) is 3. The number of aryl methyl sites for hydroxylation is 1. The van der Waals surface area contributed by atoms with Crippen molar-refractivity contribution in [3.05, 3.63) is 60.2 Å². The minimum Gasteiger partial charge on any atom is -0.508 e. The summed E-state index contributed by atoms with van der Waals surface area (Å²) in [7, 11) is 0. The fourth-order valence-corrected chi connectivity index (χ4v) is 3.19. The molecule has 1 saturated heterocycles. The summed E-state index contributed by atoms with van der Waals surface area (Å²) in [5, 5.41) is 12.9. The minimum absolute atomic E-state index is 0.0661. The third-order valence-electron chi connectivity index (χ3n) is 4.59. The molecule has 1 fully saturated rings. The zero-order valence-corrected chi connectivity index (χ0v) is 13.8. The molecular weight excluding hydrogens is 300 g/mol. The first kappa shape index (κ1) is 16.4. The lowest BCUT2D eigenvalue weighted by Crippen LogP contribution is -2.44. The highest BCUT2D eigenvalue weighted by Crippen LogP contribution is 2.20. The second-order valence-electron chi connectivity index (χ2n) is 6.29. The third kappa shape index (κ3) is 4.28. The molecule has 2 N–H and O–H groups in total. The van der Waals surface area contributed by atoms with E-state index in [0.717, 1.165) is 31.5 Å². The molecule has 0 atom stereocenters. The van der Waals surface area contributed by atoms with Crippen LogP contribution in [0.1, 0.15) is 24.8 Å². The molecule has 0 radical (unpaired) electrons. The topological polar surface area (TPSA) is 52.6 Å². The van der Waals surface area contributed by atoms with E-state index in [9.17, 15) is 9.90 Å². The monoisotopic (exact) mass is 324 g/mol. The number of rotatable bonds is 5. The third-order valence-corrected chi connectivity index (χ3v) is 4.59. The number of nitrogens with one attached hydrogen (secondary N) is 1. The smallest absolute Gasteiger partial charge is 0.220 e. The Morgan fingerprint density at radius 2 is 1.71 bits per heavy atom. The Hall–Kier alpha value is -2.49. The van der Waals surface area contributed by atoms with Crippen molar-refractivity contribution in [2.24, 2.45) is 0 Å². The van der Waals surface area contributed by atoms with Gasteiger partial charge in [0, 0.05) is 31.2 Å². The van der Waals surface area contributed by atoms with E-state index < -0.39 is 0 Å². The molecule has 0 aromatic heterocycles. The molecule has 24 heavy (non-hydrogen) atoms. The van der Waals surface area contributed by atoms with E-state index in [4.69, 9.17) is 0 Å². The zero-order valence-electron chi connectivity index (χ0n) is 13.8. The molecule has 1 aliphatic heterocycles. The number of amides is 1. The molecule has 1 heterocycles. The van der Waals surface area contributed by atoms with Crippen molar-refractivity contribution in [2.75, 3.05) is 18.0 Å². The van der Waals surface area contributed by atoms with E-state index in [2.05, 4.69) is 34.5 Å². The Kier molecular flexibility index (Phi) is 5.36. The predicted molar refractivity (Wildman–Crippen MR) is 96.2 cm³/mol. The Morgan fingerprint density at radius 1 is 1.04 bits per heavy atom. The maximum Gasteiger partial charge on any atom is 0.220 e. The number of nitrogens with zero attached hydrogens (tertiary/aromatic N) is 1. The Morgan fingerprint density at radius 3 is 2.42 bits per heavy atom. The number of benzene rings is 2. The number of carbonyl (C=O) groups excluding carboxylic acids is 1. The number of anilines is 1. The van der Waals surface area contributed by atoms with Crippen molar-refractivity contribution >= 4 is 11.6 Å². The molecule has 4 heteroatoms. The van der Waals surface area contributed by atoms with E-state index in [-0.39, 0.29) is 17.7 Å². The van der Waals surface area contributed by atoms with Gasteiger partial charge >= 0.3 is 0 Å². The molecule has 2 aromatic rings. The van der Waals surface area contributed by atoms with Gasteiger partial charge in [-0.3, -0.25) is 4.79 Å². The number of hydrogen-bond donors (Lipinski definition) is 2. The lowest BCUT2D eigenvalue weighted by molar-refractivity contribution is -0.121. The molecule has 0 unspecified atom stereocenters. The summed E-state index contributed by atoms with van der Waals surface area (Å²) >= 11 is 0. The second-order valence-corrected chi connectivity index (χ2v) is 6.29. The highest BCUT2D eigenvalue weighted by Gasteiger charge is 2.20.